The van der Waals surface area contributed by atoms with Gasteiger partial charge < -0.3 is 4.74 Å². The van der Waals surface area contributed by atoms with Crippen LogP contribution in [0.1, 0.15) is 13.3 Å². The Labute approximate surface area is 76.6 Å². The van der Waals surface area contributed by atoms with Crippen LogP contribution in [0.2, 0.25) is 0 Å². The zero-order valence-electron chi connectivity index (χ0n) is 7.25. The predicted molar refractivity (Wildman–Crippen MR) is 58.3 cm³/mol. The summed E-state index contributed by atoms with van der Waals surface area (Å²) in [5.41, 5.74) is 0. The molecule has 0 radical (unpaired) electrons. The molecule has 1 saturated heterocycles. The zero-order chi connectivity index (χ0) is 8.27. The number of rotatable bonds is 3. The predicted octanol–water partition coefficient (Wildman–Crippen LogP) is 0.731. The molecule has 0 bridgehead atoms. The Kier molecular flexibility index (Phi) is 4.26. The van der Waals surface area contributed by atoms with E-state index >= 15 is 0 Å². The van der Waals surface area contributed by atoms with Crippen molar-refractivity contribution in [1.29, 1.82) is 0 Å². The minimum Gasteiger partial charge on any atom is -0.382 e. The van der Waals surface area contributed by atoms with Crippen LogP contribution in [-0.4, -0.2) is 37.1 Å². The second kappa shape index (κ2) is 4.74. The summed E-state index contributed by atoms with van der Waals surface area (Å²) >= 11 is 2.04. The molecule has 0 aromatic carbocycles. The number of thioether (sulfide) groups is 1. The van der Waals surface area contributed by atoms with Crippen molar-refractivity contribution in [3.05, 3.63) is 0 Å². The van der Waals surface area contributed by atoms with Crippen molar-refractivity contribution < 1.29 is 4.74 Å². The molecule has 1 fully saturated rings. The summed E-state index contributed by atoms with van der Waals surface area (Å²) in [4.78, 5) is 0. The van der Waals surface area contributed by atoms with Gasteiger partial charge in [-0.15, -0.1) is 9.24 Å². The van der Waals surface area contributed by atoms with Crippen LogP contribution >= 0.6 is 21.0 Å². The largest absolute Gasteiger partial charge is 0.382 e. The fraction of sp³-hybridized carbons (Fsp3) is 1.00. The highest BCUT2D eigenvalue weighted by Crippen LogP contribution is 2.30. The third-order valence-corrected chi connectivity index (χ3v) is 3.72. The van der Waals surface area contributed by atoms with Crippen LogP contribution in [0.3, 0.4) is 0 Å². The first kappa shape index (κ1) is 9.89. The maximum Gasteiger partial charge on any atom is 0.139 e. The van der Waals surface area contributed by atoms with Crippen LogP contribution < -0.4 is 0 Å². The molecule has 4 heteroatoms. The lowest BCUT2D eigenvalue weighted by Crippen LogP contribution is -2.19. The minimum absolute atomic E-state index is 0.476. The summed E-state index contributed by atoms with van der Waals surface area (Å²) < 4.78 is 5.73. The molecule has 1 aliphatic rings. The van der Waals surface area contributed by atoms with E-state index in [4.69, 9.17) is 4.74 Å². The van der Waals surface area contributed by atoms with Gasteiger partial charge in [0.2, 0.25) is 0 Å². The van der Waals surface area contributed by atoms with Gasteiger partial charge in [0.1, 0.15) is 7.85 Å². The first-order valence-corrected chi connectivity index (χ1v) is 6.11. The number of hydrogen-bond acceptors (Lipinski definition) is 2. The molecule has 0 aromatic heterocycles. The van der Waals surface area contributed by atoms with Gasteiger partial charge in [-0.25, -0.2) is 0 Å². The second-order valence-corrected chi connectivity index (χ2v) is 4.94. The Morgan fingerprint density at radius 3 is 3.00 bits per heavy atom. The molecule has 4 atom stereocenters. The molecule has 0 aromatic rings. The Morgan fingerprint density at radius 2 is 2.45 bits per heavy atom. The van der Waals surface area contributed by atoms with Gasteiger partial charge in [-0.3, -0.25) is 0 Å². The van der Waals surface area contributed by atoms with E-state index in [1.165, 1.54) is 12.2 Å². The van der Waals surface area contributed by atoms with E-state index < -0.39 is 0 Å². The molecular weight excluding hydrogens is 174 g/mol. The van der Waals surface area contributed by atoms with Crippen LogP contribution in [-0.2, 0) is 4.74 Å². The van der Waals surface area contributed by atoms with Gasteiger partial charge in [0.15, 0.2) is 0 Å². The lowest BCUT2D eigenvalue weighted by molar-refractivity contribution is 0.106. The SMILES string of the molecule is BC1CC(SCC)C(CP)O1. The molecule has 0 N–H and O–H groups in total. The first-order chi connectivity index (χ1) is 5.27. The molecule has 64 valence electrons. The van der Waals surface area contributed by atoms with Crippen LogP contribution in [0, 0.1) is 0 Å². The topological polar surface area (TPSA) is 9.23 Å². The van der Waals surface area contributed by atoms with E-state index in [2.05, 4.69) is 24.0 Å². The summed E-state index contributed by atoms with van der Waals surface area (Å²) in [7, 11) is 4.95. The summed E-state index contributed by atoms with van der Waals surface area (Å²) in [5, 5.41) is 0.743. The lowest BCUT2D eigenvalue weighted by Gasteiger charge is -2.14. The van der Waals surface area contributed by atoms with Crippen molar-refractivity contribution in [2.24, 2.45) is 0 Å². The average Bonchev–Trinajstić information content (AvgIpc) is 2.32. The normalized spacial score (nSPS) is 37.8. The van der Waals surface area contributed by atoms with Crippen LogP contribution in [0.5, 0.6) is 0 Å². The first-order valence-electron chi connectivity index (χ1n) is 4.25. The highest BCUT2D eigenvalue weighted by molar-refractivity contribution is 7.99. The zero-order valence-corrected chi connectivity index (χ0v) is 9.22. The van der Waals surface area contributed by atoms with E-state index in [0.29, 0.717) is 12.1 Å². The fourth-order valence-electron chi connectivity index (χ4n) is 1.52. The molecular formula is C7H16BOPS. The molecule has 1 nitrogen and oxygen atoms in total. The van der Waals surface area contributed by atoms with E-state index in [-0.39, 0.29) is 0 Å². The van der Waals surface area contributed by atoms with Gasteiger partial charge >= 0.3 is 0 Å². The highest BCUT2D eigenvalue weighted by Gasteiger charge is 2.30. The molecule has 0 amide bonds. The van der Waals surface area contributed by atoms with Crippen molar-refractivity contribution in [2.45, 2.75) is 30.7 Å². The Morgan fingerprint density at radius 1 is 1.73 bits per heavy atom. The molecule has 0 aliphatic carbocycles. The average molecular weight is 190 g/mol. The van der Waals surface area contributed by atoms with Gasteiger partial charge in [0.05, 0.1) is 6.10 Å². The van der Waals surface area contributed by atoms with Gasteiger partial charge in [-0.05, 0) is 18.3 Å². The van der Waals surface area contributed by atoms with Crippen molar-refractivity contribution in [3.63, 3.8) is 0 Å². The van der Waals surface area contributed by atoms with E-state index in [1.54, 1.807) is 0 Å². The van der Waals surface area contributed by atoms with Gasteiger partial charge in [0.25, 0.3) is 0 Å². The number of ether oxygens (including phenoxy) is 1. The van der Waals surface area contributed by atoms with Crippen molar-refractivity contribution in [2.75, 3.05) is 11.9 Å². The van der Waals surface area contributed by atoms with Crippen LogP contribution in [0.4, 0.5) is 0 Å². The Balaban J connectivity index is 2.37. The number of hydrogen-bond donors (Lipinski definition) is 0. The van der Waals surface area contributed by atoms with E-state index in [0.717, 1.165) is 11.4 Å². The van der Waals surface area contributed by atoms with E-state index in [1.807, 2.05) is 11.8 Å². The minimum atomic E-state index is 0.476. The summed E-state index contributed by atoms with van der Waals surface area (Å²) in [6.07, 6.45) is 2.81. The highest BCUT2D eigenvalue weighted by atomic mass is 32.2. The Bertz CT molecular complexity index is 125. The van der Waals surface area contributed by atoms with Crippen LogP contribution in [0.25, 0.3) is 0 Å². The monoisotopic (exact) mass is 190 g/mol. The maximum atomic E-state index is 5.73. The molecule has 11 heavy (non-hydrogen) atoms. The van der Waals surface area contributed by atoms with E-state index in [9.17, 15) is 0 Å². The van der Waals surface area contributed by atoms with Crippen LogP contribution in [0.15, 0.2) is 0 Å². The van der Waals surface area contributed by atoms with Crippen molar-refractivity contribution in [3.8, 4) is 0 Å². The molecule has 1 rings (SSSR count). The molecule has 1 aliphatic heterocycles. The molecule has 0 saturated carbocycles. The lowest BCUT2D eigenvalue weighted by atomic mass is 9.97. The summed E-state index contributed by atoms with van der Waals surface area (Å²) in [6, 6.07) is 0.476. The van der Waals surface area contributed by atoms with Gasteiger partial charge in [0, 0.05) is 11.3 Å². The van der Waals surface area contributed by atoms with Gasteiger partial charge in [-0.2, -0.15) is 11.8 Å². The fourth-order valence-corrected chi connectivity index (χ4v) is 3.38. The summed E-state index contributed by atoms with van der Waals surface area (Å²) in [5.74, 6) is 1.21. The molecule has 1 heterocycles. The van der Waals surface area contributed by atoms with Gasteiger partial charge in [-0.1, -0.05) is 6.92 Å². The Hall–Kier alpha value is 0.805. The van der Waals surface area contributed by atoms with Crippen molar-refractivity contribution in [1.82, 2.24) is 0 Å². The maximum absolute atomic E-state index is 5.73. The molecule has 4 unspecified atom stereocenters. The summed E-state index contributed by atoms with van der Waals surface area (Å²) in [6.45, 7) is 2.22. The third kappa shape index (κ3) is 2.64. The quantitative estimate of drug-likeness (QED) is 0.479. The smallest absolute Gasteiger partial charge is 0.139 e. The third-order valence-electron chi connectivity index (χ3n) is 2.00. The molecule has 0 spiro atoms. The standard InChI is InChI=1S/C7H16BOPS/c1-2-11-6-3-7(8)9-5(6)4-10/h5-7H,2-4,8,10H2,1H3. The second-order valence-electron chi connectivity index (χ2n) is 2.95. The van der Waals surface area contributed by atoms with Crippen molar-refractivity contribution >= 4 is 28.8 Å².